The highest BCUT2D eigenvalue weighted by Gasteiger charge is 2.16. The van der Waals surface area contributed by atoms with E-state index in [4.69, 9.17) is 4.74 Å². The van der Waals surface area contributed by atoms with Crippen molar-refractivity contribution in [3.63, 3.8) is 0 Å². The average molecular weight is 248 g/mol. The van der Waals surface area contributed by atoms with Gasteiger partial charge < -0.3 is 9.84 Å². The van der Waals surface area contributed by atoms with Crippen LogP contribution in [0.4, 0.5) is 0 Å². The van der Waals surface area contributed by atoms with Crippen molar-refractivity contribution in [2.75, 3.05) is 6.61 Å². The van der Waals surface area contributed by atoms with Gasteiger partial charge in [0.1, 0.15) is 5.65 Å². The van der Waals surface area contributed by atoms with Gasteiger partial charge in [0.25, 0.3) is 5.56 Å². The minimum absolute atomic E-state index is 0.0582. The van der Waals surface area contributed by atoms with Gasteiger partial charge in [-0.15, -0.1) is 0 Å². The summed E-state index contributed by atoms with van der Waals surface area (Å²) in [7, 11) is 0. The summed E-state index contributed by atoms with van der Waals surface area (Å²) in [6, 6.07) is 4.96. The molecule has 6 heteroatoms. The first-order chi connectivity index (χ1) is 8.63. The zero-order valence-corrected chi connectivity index (χ0v) is 9.79. The summed E-state index contributed by atoms with van der Waals surface area (Å²) in [5.41, 5.74) is -0.198. The molecule has 0 spiro atoms. The van der Waals surface area contributed by atoms with E-state index in [1.807, 2.05) is 0 Å². The smallest absolute Gasteiger partial charge is 0.310 e. The Bertz CT molecular complexity index is 648. The van der Waals surface area contributed by atoms with Gasteiger partial charge in [-0.3, -0.25) is 14.0 Å². The van der Waals surface area contributed by atoms with Crippen molar-refractivity contribution in [1.82, 2.24) is 9.38 Å². The van der Waals surface area contributed by atoms with Gasteiger partial charge >= 0.3 is 5.97 Å². The normalized spacial score (nSPS) is 10.5. The lowest BCUT2D eigenvalue weighted by atomic mass is 10.2. The van der Waals surface area contributed by atoms with Crippen LogP contribution in [0.15, 0.2) is 29.2 Å². The number of hydrogen-bond donors (Lipinski definition) is 1. The van der Waals surface area contributed by atoms with Crippen molar-refractivity contribution in [3.05, 3.63) is 40.3 Å². The van der Waals surface area contributed by atoms with E-state index in [1.54, 1.807) is 25.1 Å². The van der Waals surface area contributed by atoms with Gasteiger partial charge in [-0.1, -0.05) is 6.07 Å². The van der Waals surface area contributed by atoms with Gasteiger partial charge in [-0.2, -0.15) is 4.98 Å². The largest absolute Gasteiger partial charge is 0.493 e. The number of carbonyl (C=O) groups is 1. The van der Waals surface area contributed by atoms with Crippen molar-refractivity contribution in [2.24, 2.45) is 0 Å². The Morgan fingerprint density at radius 3 is 3.00 bits per heavy atom. The second-order valence-corrected chi connectivity index (χ2v) is 3.63. The standard InChI is InChI=1S/C12H12N2O4/c1-2-18-10(15)7-8-11(16)13-9-5-3-4-6-14(9)12(8)17/h3-6,16H,2,7H2,1H3. The van der Waals surface area contributed by atoms with E-state index in [1.165, 1.54) is 10.6 Å². The molecule has 0 aromatic carbocycles. The number of pyridine rings is 1. The van der Waals surface area contributed by atoms with Crippen LogP contribution in [0.2, 0.25) is 0 Å². The topological polar surface area (TPSA) is 80.9 Å². The molecule has 0 radical (unpaired) electrons. The first-order valence-corrected chi connectivity index (χ1v) is 5.48. The Labute approximate surface area is 102 Å². The van der Waals surface area contributed by atoms with E-state index in [0.29, 0.717) is 5.65 Å². The highest BCUT2D eigenvalue weighted by Crippen LogP contribution is 2.11. The number of ether oxygens (including phenoxy) is 1. The lowest BCUT2D eigenvalue weighted by molar-refractivity contribution is -0.142. The Morgan fingerprint density at radius 2 is 2.28 bits per heavy atom. The van der Waals surface area contributed by atoms with Crippen LogP contribution in [0.3, 0.4) is 0 Å². The van der Waals surface area contributed by atoms with Crippen LogP contribution in [0.5, 0.6) is 5.88 Å². The first kappa shape index (κ1) is 12.1. The van der Waals surface area contributed by atoms with Gasteiger partial charge in [-0.25, -0.2) is 0 Å². The van der Waals surface area contributed by atoms with Crippen LogP contribution in [0.1, 0.15) is 12.5 Å². The van der Waals surface area contributed by atoms with E-state index in [0.717, 1.165) is 0 Å². The Morgan fingerprint density at radius 1 is 1.50 bits per heavy atom. The summed E-state index contributed by atoms with van der Waals surface area (Å²) >= 11 is 0. The number of aromatic hydroxyl groups is 1. The molecule has 2 aromatic heterocycles. The predicted molar refractivity (Wildman–Crippen MR) is 63.5 cm³/mol. The van der Waals surface area contributed by atoms with Crippen molar-refractivity contribution >= 4 is 11.6 Å². The van der Waals surface area contributed by atoms with Gasteiger partial charge in [0.2, 0.25) is 5.88 Å². The van der Waals surface area contributed by atoms with Crippen LogP contribution in [-0.4, -0.2) is 27.1 Å². The molecule has 0 aliphatic rings. The average Bonchev–Trinajstić information content (AvgIpc) is 2.35. The maximum atomic E-state index is 12.0. The molecular weight excluding hydrogens is 236 g/mol. The zero-order chi connectivity index (χ0) is 13.1. The SMILES string of the molecule is CCOC(=O)Cc1c(O)nc2ccccn2c1=O. The third kappa shape index (κ3) is 2.17. The molecule has 2 rings (SSSR count). The number of fused-ring (bicyclic) bond motifs is 1. The maximum absolute atomic E-state index is 12.0. The summed E-state index contributed by atoms with van der Waals surface area (Å²) in [6.45, 7) is 1.89. The van der Waals surface area contributed by atoms with Gasteiger partial charge in [0.05, 0.1) is 18.6 Å². The minimum atomic E-state index is -0.567. The number of carbonyl (C=O) groups excluding carboxylic acids is 1. The summed E-state index contributed by atoms with van der Waals surface area (Å²) in [5, 5.41) is 9.67. The Kier molecular flexibility index (Phi) is 3.27. The molecular formula is C12H12N2O4. The van der Waals surface area contributed by atoms with Gasteiger partial charge in [0, 0.05) is 6.20 Å². The number of esters is 1. The number of aromatic nitrogens is 2. The molecule has 0 aliphatic carbocycles. The molecule has 6 nitrogen and oxygen atoms in total. The van der Waals surface area contributed by atoms with E-state index in [-0.39, 0.29) is 18.6 Å². The highest BCUT2D eigenvalue weighted by atomic mass is 16.5. The van der Waals surface area contributed by atoms with Crippen molar-refractivity contribution in [3.8, 4) is 5.88 Å². The predicted octanol–water partition coefficient (Wildman–Crippen LogP) is 0.506. The van der Waals surface area contributed by atoms with Crippen LogP contribution >= 0.6 is 0 Å². The van der Waals surface area contributed by atoms with Crippen LogP contribution in [-0.2, 0) is 16.0 Å². The fraction of sp³-hybridized carbons (Fsp3) is 0.250. The molecule has 0 atom stereocenters. The second-order valence-electron chi connectivity index (χ2n) is 3.63. The molecule has 0 unspecified atom stereocenters. The summed E-state index contributed by atoms with van der Waals surface area (Å²) in [4.78, 5) is 27.2. The number of hydrogen-bond acceptors (Lipinski definition) is 5. The summed E-state index contributed by atoms with van der Waals surface area (Å²) in [6.07, 6.45) is 1.24. The molecule has 0 saturated carbocycles. The molecule has 0 saturated heterocycles. The van der Waals surface area contributed by atoms with E-state index in [9.17, 15) is 14.7 Å². The monoisotopic (exact) mass is 248 g/mol. The Balaban J connectivity index is 2.51. The zero-order valence-electron chi connectivity index (χ0n) is 9.79. The Hall–Kier alpha value is -2.37. The van der Waals surface area contributed by atoms with E-state index >= 15 is 0 Å². The molecule has 94 valence electrons. The third-order valence-corrected chi connectivity index (χ3v) is 2.43. The molecule has 0 bridgehead atoms. The highest BCUT2D eigenvalue weighted by molar-refractivity contribution is 5.73. The van der Waals surface area contributed by atoms with E-state index in [2.05, 4.69) is 4.98 Å². The van der Waals surface area contributed by atoms with Crippen molar-refractivity contribution in [1.29, 1.82) is 0 Å². The molecule has 0 aliphatic heterocycles. The molecule has 2 heterocycles. The molecule has 0 amide bonds. The number of nitrogens with zero attached hydrogens (tertiary/aromatic N) is 2. The minimum Gasteiger partial charge on any atom is -0.493 e. The molecule has 1 N–H and O–H groups in total. The lowest BCUT2D eigenvalue weighted by Crippen LogP contribution is -2.22. The summed E-state index contributed by atoms with van der Waals surface area (Å²) < 4.78 is 6.01. The molecule has 0 fully saturated rings. The fourth-order valence-electron chi connectivity index (χ4n) is 1.62. The first-order valence-electron chi connectivity index (χ1n) is 5.48. The van der Waals surface area contributed by atoms with Crippen molar-refractivity contribution < 1.29 is 14.6 Å². The maximum Gasteiger partial charge on any atom is 0.310 e. The van der Waals surface area contributed by atoms with Gasteiger partial charge in [0.15, 0.2) is 0 Å². The second kappa shape index (κ2) is 4.87. The fourth-order valence-corrected chi connectivity index (χ4v) is 1.62. The lowest BCUT2D eigenvalue weighted by Gasteiger charge is -2.06. The van der Waals surface area contributed by atoms with Crippen LogP contribution < -0.4 is 5.56 Å². The van der Waals surface area contributed by atoms with Crippen LogP contribution in [0.25, 0.3) is 5.65 Å². The molecule has 18 heavy (non-hydrogen) atoms. The third-order valence-electron chi connectivity index (χ3n) is 2.43. The number of rotatable bonds is 3. The molecule has 2 aromatic rings. The van der Waals surface area contributed by atoms with E-state index < -0.39 is 17.4 Å². The van der Waals surface area contributed by atoms with Crippen LogP contribution in [0, 0.1) is 0 Å². The quantitative estimate of drug-likeness (QED) is 0.800. The summed E-state index contributed by atoms with van der Waals surface area (Å²) in [5.74, 6) is -0.998. The van der Waals surface area contributed by atoms with Crippen molar-refractivity contribution in [2.45, 2.75) is 13.3 Å². The van der Waals surface area contributed by atoms with Gasteiger partial charge in [-0.05, 0) is 19.1 Å².